The van der Waals surface area contributed by atoms with Gasteiger partial charge in [0.05, 0.1) is 11.7 Å². The Morgan fingerprint density at radius 3 is 2.47 bits per heavy atom. The van der Waals surface area contributed by atoms with Crippen molar-refractivity contribution in [2.24, 2.45) is 5.41 Å². The van der Waals surface area contributed by atoms with Gasteiger partial charge in [-0.1, -0.05) is 13.8 Å². The number of aliphatic hydroxyl groups excluding tert-OH is 1. The normalized spacial score (nSPS) is 24.7. The minimum Gasteiger partial charge on any atom is -0.392 e. The van der Waals surface area contributed by atoms with E-state index in [9.17, 15) is 23.1 Å². The average Bonchev–Trinajstić information content (AvgIpc) is 2.35. The first-order valence-electron chi connectivity index (χ1n) is 5.87. The topological polar surface area (TPSA) is 49.3 Å². The summed E-state index contributed by atoms with van der Waals surface area (Å²) in [5.74, 6) is -5.33. The van der Waals surface area contributed by atoms with E-state index < -0.39 is 40.4 Å². The van der Waals surface area contributed by atoms with Gasteiger partial charge in [0, 0.05) is 11.5 Å². The molecule has 1 aromatic rings. The molecular weight excluding hydrogens is 259 g/mol. The summed E-state index contributed by atoms with van der Waals surface area (Å²) >= 11 is 0. The zero-order valence-corrected chi connectivity index (χ0v) is 10.5. The smallest absolute Gasteiger partial charge is 0.254 e. The Morgan fingerprint density at radius 2 is 1.95 bits per heavy atom. The Labute approximate surface area is 108 Å². The lowest BCUT2D eigenvalue weighted by Crippen LogP contribution is -2.61. The molecule has 1 aliphatic carbocycles. The van der Waals surface area contributed by atoms with Gasteiger partial charge in [0.15, 0.2) is 17.5 Å². The highest BCUT2D eigenvalue weighted by Crippen LogP contribution is 2.40. The highest BCUT2D eigenvalue weighted by molar-refractivity contribution is 5.94. The summed E-state index contributed by atoms with van der Waals surface area (Å²) in [6, 6.07) is 1.27. The maximum absolute atomic E-state index is 13.4. The molecule has 2 N–H and O–H groups in total. The molecule has 0 saturated heterocycles. The number of aliphatic hydroxyl groups is 1. The first kappa shape index (κ1) is 13.9. The van der Waals surface area contributed by atoms with Crippen LogP contribution < -0.4 is 5.32 Å². The summed E-state index contributed by atoms with van der Waals surface area (Å²) in [4.78, 5) is 11.8. The first-order chi connectivity index (χ1) is 8.75. The number of hydrogen-bond donors (Lipinski definition) is 2. The maximum atomic E-state index is 13.4. The average molecular weight is 273 g/mol. The number of carbonyl (C=O) groups excluding carboxylic acids is 1. The van der Waals surface area contributed by atoms with Gasteiger partial charge in [0.1, 0.15) is 0 Å². The Bertz CT molecular complexity index is 531. The molecule has 1 fully saturated rings. The Morgan fingerprint density at radius 1 is 1.32 bits per heavy atom. The number of amides is 1. The lowest BCUT2D eigenvalue weighted by Gasteiger charge is -2.49. The summed E-state index contributed by atoms with van der Waals surface area (Å²) in [6.07, 6.45) is -0.197. The fourth-order valence-electron chi connectivity index (χ4n) is 2.08. The molecule has 2 rings (SSSR count). The van der Waals surface area contributed by atoms with Crippen LogP contribution in [-0.2, 0) is 0 Å². The van der Waals surface area contributed by atoms with Gasteiger partial charge in [0.25, 0.3) is 5.91 Å². The summed E-state index contributed by atoms with van der Waals surface area (Å²) in [5, 5.41) is 12.0. The number of rotatable bonds is 2. The fraction of sp³-hybridized carbons (Fsp3) is 0.462. The van der Waals surface area contributed by atoms with Crippen molar-refractivity contribution < 1.29 is 23.1 Å². The molecule has 0 spiro atoms. The van der Waals surface area contributed by atoms with Crippen molar-refractivity contribution >= 4 is 5.91 Å². The van der Waals surface area contributed by atoms with Crippen molar-refractivity contribution in [2.45, 2.75) is 32.4 Å². The molecule has 2 atom stereocenters. The second-order valence-electron chi connectivity index (χ2n) is 5.32. The molecule has 0 bridgehead atoms. The maximum Gasteiger partial charge on any atom is 0.254 e. The van der Waals surface area contributed by atoms with E-state index in [1.165, 1.54) is 0 Å². The fourth-order valence-corrected chi connectivity index (χ4v) is 2.08. The van der Waals surface area contributed by atoms with Crippen LogP contribution in [0.15, 0.2) is 12.1 Å². The van der Waals surface area contributed by atoms with Gasteiger partial charge in [-0.2, -0.15) is 0 Å². The van der Waals surface area contributed by atoms with Crippen molar-refractivity contribution in [3.8, 4) is 0 Å². The molecule has 0 heterocycles. The number of benzene rings is 1. The Hall–Kier alpha value is -1.56. The summed E-state index contributed by atoms with van der Waals surface area (Å²) in [5.41, 5.74) is -1.07. The lowest BCUT2D eigenvalue weighted by molar-refractivity contribution is -0.0689. The SMILES string of the molecule is CC1(C)C(O)CC1NC(=O)c1ccc(F)c(F)c1F. The molecule has 0 aromatic heterocycles. The highest BCUT2D eigenvalue weighted by Gasteiger charge is 2.48. The van der Waals surface area contributed by atoms with Gasteiger partial charge < -0.3 is 10.4 Å². The molecule has 2 unspecified atom stereocenters. The van der Waals surface area contributed by atoms with Crippen LogP contribution in [0.2, 0.25) is 0 Å². The van der Waals surface area contributed by atoms with Crippen LogP contribution in [-0.4, -0.2) is 23.2 Å². The van der Waals surface area contributed by atoms with Crippen LogP contribution in [0.3, 0.4) is 0 Å². The summed E-state index contributed by atoms with van der Waals surface area (Å²) in [6.45, 7) is 3.52. The van der Waals surface area contributed by atoms with E-state index in [0.717, 1.165) is 6.07 Å². The van der Waals surface area contributed by atoms with Gasteiger partial charge in [-0.05, 0) is 18.6 Å². The number of carbonyl (C=O) groups is 1. The quantitative estimate of drug-likeness (QED) is 0.810. The molecule has 6 heteroatoms. The van der Waals surface area contributed by atoms with E-state index in [4.69, 9.17) is 0 Å². The van der Waals surface area contributed by atoms with E-state index in [0.29, 0.717) is 12.5 Å². The van der Waals surface area contributed by atoms with Gasteiger partial charge in [0.2, 0.25) is 0 Å². The number of halogens is 3. The minimum absolute atomic E-state index is 0.331. The summed E-state index contributed by atoms with van der Waals surface area (Å²) in [7, 11) is 0. The van der Waals surface area contributed by atoms with Crippen molar-refractivity contribution in [1.29, 1.82) is 0 Å². The zero-order chi connectivity index (χ0) is 14.4. The number of nitrogens with one attached hydrogen (secondary N) is 1. The van der Waals surface area contributed by atoms with Gasteiger partial charge in [-0.25, -0.2) is 13.2 Å². The summed E-state index contributed by atoms with van der Waals surface area (Å²) < 4.78 is 39.2. The van der Waals surface area contributed by atoms with Gasteiger partial charge >= 0.3 is 0 Å². The minimum atomic E-state index is -1.67. The Kier molecular flexibility index (Phi) is 3.30. The third-order valence-electron chi connectivity index (χ3n) is 3.80. The molecule has 19 heavy (non-hydrogen) atoms. The zero-order valence-electron chi connectivity index (χ0n) is 10.5. The van der Waals surface area contributed by atoms with E-state index in [1.807, 2.05) is 0 Å². The predicted molar refractivity (Wildman–Crippen MR) is 62.0 cm³/mol. The monoisotopic (exact) mass is 273 g/mol. The van der Waals surface area contributed by atoms with E-state index in [2.05, 4.69) is 5.32 Å². The molecule has 0 aliphatic heterocycles. The highest BCUT2D eigenvalue weighted by atomic mass is 19.2. The van der Waals surface area contributed by atoms with E-state index in [-0.39, 0.29) is 6.04 Å². The van der Waals surface area contributed by atoms with E-state index in [1.54, 1.807) is 13.8 Å². The standard InChI is InChI=1S/C13H14F3NO2/c1-13(2)8(5-9(13)18)17-12(19)6-3-4-7(14)11(16)10(6)15/h3-4,8-9,18H,5H2,1-2H3,(H,17,19). The second kappa shape index (κ2) is 4.52. The Balaban J connectivity index is 2.16. The lowest BCUT2D eigenvalue weighted by atomic mass is 9.64. The van der Waals surface area contributed by atoms with Crippen LogP contribution in [0.4, 0.5) is 13.2 Å². The number of hydrogen-bond acceptors (Lipinski definition) is 2. The van der Waals surface area contributed by atoms with Crippen LogP contribution in [0.25, 0.3) is 0 Å². The molecule has 0 radical (unpaired) electrons. The predicted octanol–water partition coefficient (Wildman–Crippen LogP) is 1.99. The molecular formula is C13H14F3NO2. The molecule has 1 amide bonds. The first-order valence-corrected chi connectivity index (χ1v) is 5.87. The van der Waals surface area contributed by atoms with Crippen molar-refractivity contribution in [3.05, 3.63) is 35.1 Å². The van der Waals surface area contributed by atoms with E-state index >= 15 is 0 Å². The van der Waals surface area contributed by atoms with Crippen LogP contribution in [0.1, 0.15) is 30.6 Å². The van der Waals surface area contributed by atoms with Gasteiger partial charge in [-0.15, -0.1) is 0 Å². The van der Waals surface area contributed by atoms with Gasteiger partial charge in [-0.3, -0.25) is 4.79 Å². The van der Waals surface area contributed by atoms with Crippen molar-refractivity contribution in [3.63, 3.8) is 0 Å². The largest absolute Gasteiger partial charge is 0.392 e. The molecule has 1 aliphatic rings. The van der Waals surface area contributed by atoms with Crippen LogP contribution in [0, 0.1) is 22.9 Å². The third kappa shape index (κ3) is 2.20. The molecule has 3 nitrogen and oxygen atoms in total. The van der Waals surface area contributed by atoms with Crippen LogP contribution in [0.5, 0.6) is 0 Å². The molecule has 1 saturated carbocycles. The molecule has 1 aromatic carbocycles. The van der Waals surface area contributed by atoms with Crippen molar-refractivity contribution in [2.75, 3.05) is 0 Å². The second-order valence-corrected chi connectivity index (χ2v) is 5.32. The van der Waals surface area contributed by atoms with Crippen LogP contribution >= 0.6 is 0 Å². The third-order valence-corrected chi connectivity index (χ3v) is 3.80. The molecule has 104 valence electrons. The van der Waals surface area contributed by atoms with Crippen molar-refractivity contribution in [1.82, 2.24) is 5.32 Å².